The fourth-order valence-electron chi connectivity index (χ4n) is 3.42. The molecule has 8 nitrogen and oxygen atoms in total. The molecule has 2 aromatic heterocycles. The van der Waals surface area contributed by atoms with Crippen LogP contribution in [0.1, 0.15) is 12.2 Å². The maximum atomic E-state index is 13.1. The van der Waals surface area contributed by atoms with Gasteiger partial charge in [0, 0.05) is 17.8 Å². The van der Waals surface area contributed by atoms with Crippen molar-refractivity contribution < 1.29 is 13.9 Å². The van der Waals surface area contributed by atoms with Crippen LogP contribution in [0.3, 0.4) is 0 Å². The van der Waals surface area contributed by atoms with Crippen molar-refractivity contribution in [3.05, 3.63) is 78.8 Å². The lowest BCUT2D eigenvalue weighted by Gasteiger charge is -2.21. The number of carbonyl (C=O) groups is 1. The first-order valence-corrected chi connectivity index (χ1v) is 11.6. The fraction of sp³-hybridized carbons (Fsp3) is 0.200. The molecule has 0 saturated carbocycles. The minimum atomic E-state index is -0.106. The number of ether oxygens (including phenoxy) is 1. The summed E-state index contributed by atoms with van der Waals surface area (Å²) in [5.41, 5.74) is 1.64. The first kappa shape index (κ1) is 23.1. The van der Waals surface area contributed by atoms with Crippen molar-refractivity contribution in [2.24, 2.45) is 0 Å². The van der Waals surface area contributed by atoms with Crippen LogP contribution in [0, 0.1) is 11.3 Å². The molecule has 4 aromatic rings. The molecule has 1 amide bonds. The fourth-order valence-corrected chi connectivity index (χ4v) is 4.24. The largest absolute Gasteiger partial charge is 0.497 e. The molecule has 9 heteroatoms. The van der Waals surface area contributed by atoms with Crippen LogP contribution in [0.4, 0.5) is 5.69 Å². The molecule has 0 aliphatic rings. The van der Waals surface area contributed by atoms with Crippen LogP contribution in [0.15, 0.2) is 82.6 Å². The number of para-hydroxylation sites is 1. The molecular weight excluding hydrogens is 450 g/mol. The number of aromatic nitrogens is 3. The highest BCUT2D eigenvalue weighted by Gasteiger charge is 2.20. The van der Waals surface area contributed by atoms with Gasteiger partial charge in [-0.15, -0.1) is 10.2 Å². The van der Waals surface area contributed by atoms with Crippen LogP contribution >= 0.6 is 11.8 Å². The lowest BCUT2D eigenvalue weighted by atomic mass is 10.2. The molecule has 34 heavy (non-hydrogen) atoms. The minimum absolute atomic E-state index is 0.106. The molecule has 0 bridgehead atoms. The number of nitriles is 1. The summed E-state index contributed by atoms with van der Waals surface area (Å²) in [7, 11) is 1.62. The Balaban J connectivity index is 1.57. The second-order valence-corrected chi connectivity index (χ2v) is 8.22. The van der Waals surface area contributed by atoms with Gasteiger partial charge in [-0.2, -0.15) is 5.26 Å². The van der Waals surface area contributed by atoms with Crippen molar-refractivity contribution in [3.63, 3.8) is 0 Å². The maximum absolute atomic E-state index is 13.1. The summed E-state index contributed by atoms with van der Waals surface area (Å²) < 4.78 is 12.7. The number of amides is 1. The van der Waals surface area contributed by atoms with Gasteiger partial charge in [0.15, 0.2) is 11.0 Å². The number of methoxy groups -OCH3 is 1. The third kappa shape index (κ3) is 5.47. The van der Waals surface area contributed by atoms with E-state index in [9.17, 15) is 4.79 Å². The molecule has 4 rings (SSSR count). The normalized spacial score (nSPS) is 10.6. The predicted molar refractivity (Wildman–Crippen MR) is 130 cm³/mol. The molecule has 2 aromatic carbocycles. The van der Waals surface area contributed by atoms with Crippen molar-refractivity contribution in [2.75, 3.05) is 24.3 Å². The molecule has 2 heterocycles. The quantitative estimate of drug-likeness (QED) is 0.310. The van der Waals surface area contributed by atoms with Crippen LogP contribution in [0.5, 0.6) is 5.75 Å². The van der Waals surface area contributed by atoms with Crippen LogP contribution < -0.4 is 9.64 Å². The average Bonchev–Trinajstić information content (AvgIpc) is 3.54. The van der Waals surface area contributed by atoms with E-state index in [2.05, 4.69) is 16.3 Å². The van der Waals surface area contributed by atoms with Crippen molar-refractivity contribution >= 4 is 23.4 Å². The van der Waals surface area contributed by atoms with Crippen LogP contribution in [-0.2, 0) is 11.3 Å². The zero-order valence-corrected chi connectivity index (χ0v) is 19.4. The third-order valence-electron chi connectivity index (χ3n) is 5.10. The summed E-state index contributed by atoms with van der Waals surface area (Å²) in [6, 6.07) is 22.8. The number of carbonyl (C=O) groups excluding carboxylic acids is 1. The number of hydrogen-bond acceptors (Lipinski definition) is 7. The SMILES string of the molecule is COc1ccc(-c2nnc(SCC(=O)N(CCC#N)c3ccccc3)n2Cc2ccco2)cc1. The van der Waals surface area contributed by atoms with Crippen molar-refractivity contribution in [1.29, 1.82) is 5.26 Å². The van der Waals surface area contributed by atoms with E-state index in [4.69, 9.17) is 14.4 Å². The van der Waals surface area contributed by atoms with E-state index in [1.54, 1.807) is 18.3 Å². The van der Waals surface area contributed by atoms with E-state index in [1.807, 2.05) is 71.3 Å². The summed E-state index contributed by atoms with van der Waals surface area (Å²) in [4.78, 5) is 14.7. The monoisotopic (exact) mass is 473 g/mol. The summed E-state index contributed by atoms with van der Waals surface area (Å²) in [5, 5.41) is 18.4. The Bertz CT molecular complexity index is 1250. The lowest BCUT2D eigenvalue weighted by molar-refractivity contribution is -0.116. The topological polar surface area (TPSA) is 97.2 Å². The van der Waals surface area contributed by atoms with Gasteiger partial charge in [-0.3, -0.25) is 9.36 Å². The Hall–Kier alpha value is -4.03. The standard InChI is InChI=1S/C25H23N5O3S/c1-32-21-12-10-19(11-13-21)24-27-28-25(30(24)17-22-9-5-16-33-22)34-18-23(31)29(15-6-14-26)20-7-3-2-4-8-20/h2-5,7-13,16H,6,15,17-18H2,1H3. The highest BCUT2D eigenvalue weighted by molar-refractivity contribution is 7.99. The van der Waals surface area contributed by atoms with Gasteiger partial charge in [0.2, 0.25) is 5.91 Å². The molecule has 0 saturated heterocycles. The highest BCUT2D eigenvalue weighted by atomic mass is 32.2. The van der Waals surface area contributed by atoms with Crippen molar-refractivity contribution in [2.45, 2.75) is 18.1 Å². The van der Waals surface area contributed by atoms with Crippen molar-refractivity contribution in [3.8, 4) is 23.2 Å². The Kier molecular flexibility index (Phi) is 7.63. The molecule has 0 fully saturated rings. The van der Waals surface area contributed by atoms with Crippen LogP contribution in [-0.4, -0.2) is 40.1 Å². The number of nitrogens with zero attached hydrogens (tertiary/aromatic N) is 5. The molecule has 0 aliphatic carbocycles. The van der Waals surface area contributed by atoms with Gasteiger partial charge in [-0.1, -0.05) is 30.0 Å². The minimum Gasteiger partial charge on any atom is -0.497 e. The Morgan fingerprint density at radius 3 is 2.59 bits per heavy atom. The van der Waals surface area contributed by atoms with Crippen LogP contribution in [0.25, 0.3) is 11.4 Å². The van der Waals surface area contributed by atoms with Crippen LogP contribution in [0.2, 0.25) is 0 Å². The first-order chi connectivity index (χ1) is 16.7. The number of furan rings is 1. The molecule has 0 aliphatic heterocycles. The molecule has 0 N–H and O–H groups in total. The van der Waals surface area contributed by atoms with E-state index >= 15 is 0 Å². The summed E-state index contributed by atoms with van der Waals surface area (Å²) in [6.45, 7) is 0.755. The van der Waals surface area contributed by atoms with Crippen molar-refractivity contribution in [1.82, 2.24) is 14.8 Å². The molecule has 0 atom stereocenters. The molecule has 0 unspecified atom stereocenters. The lowest BCUT2D eigenvalue weighted by Crippen LogP contribution is -2.33. The second kappa shape index (κ2) is 11.2. The van der Waals surface area contributed by atoms with E-state index in [1.165, 1.54) is 11.8 Å². The van der Waals surface area contributed by atoms with Gasteiger partial charge in [-0.05, 0) is 48.5 Å². The van der Waals surface area contributed by atoms with Gasteiger partial charge in [0.05, 0.1) is 38.2 Å². The van der Waals surface area contributed by atoms with E-state index in [0.29, 0.717) is 24.1 Å². The third-order valence-corrected chi connectivity index (χ3v) is 6.05. The molecular formula is C25H23N5O3S. The Labute approximate surface area is 201 Å². The highest BCUT2D eigenvalue weighted by Crippen LogP contribution is 2.27. The van der Waals surface area contributed by atoms with Gasteiger partial charge in [0.1, 0.15) is 11.5 Å². The summed E-state index contributed by atoms with van der Waals surface area (Å²) in [6.07, 6.45) is 1.87. The van der Waals surface area contributed by atoms with Gasteiger partial charge in [0.25, 0.3) is 0 Å². The molecule has 172 valence electrons. The predicted octanol–water partition coefficient (Wildman–Crippen LogP) is 4.63. The van der Waals surface area contributed by atoms with Gasteiger partial charge < -0.3 is 14.1 Å². The zero-order valence-electron chi connectivity index (χ0n) is 18.6. The average molecular weight is 474 g/mol. The summed E-state index contributed by atoms with van der Waals surface area (Å²) >= 11 is 1.31. The van der Waals surface area contributed by atoms with Gasteiger partial charge >= 0.3 is 0 Å². The number of benzene rings is 2. The van der Waals surface area contributed by atoms with E-state index < -0.39 is 0 Å². The van der Waals surface area contributed by atoms with Gasteiger partial charge in [-0.25, -0.2) is 0 Å². The maximum Gasteiger partial charge on any atom is 0.237 e. The summed E-state index contributed by atoms with van der Waals surface area (Å²) in [5.74, 6) is 2.21. The zero-order chi connectivity index (χ0) is 23.8. The molecule has 0 radical (unpaired) electrons. The smallest absolute Gasteiger partial charge is 0.237 e. The number of hydrogen-bond donors (Lipinski definition) is 0. The van der Waals surface area contributed by atoms with E-state index in [-0.39, 0.29) is 18.1 Å². The Morgan fingerprint density at radius 1 is 1.12 bits per heavy atom. The molecule has 0 spiro atoms. The number of thioether (sulfide) groups is 1. The second-order valence-electron chi connectivity index (χ2n) is 7.28. The number of rotatable bonds is 10. The number of anilines is 1. The van der Waals surface area contributed by atoms with E-state index in [0.717, 1.165) is 22.8 Å². The first-order valence-electron chi connectivity index (χ1n) is 10.6. The Morgan fingerprint density at radius 2 is 1.91 bits per heavy atom.